The zero-order chi connectivity index (χ0) is 14.3. The highest BCUT2D eigenvalue weighted by molar-refractivity contribution is 6.31. The van der Waals surface area contributed by atoms with Crippen LogP contribution in [0.3, 0.4) is 0 Å². The largest absolute Gasteiger partial charge is 0.296 e. The molecule has 0 aliphatic carbocycles. The van der Waals surface area contributed by atoms with Gasteiger partial charge in [-0.25, -0.2) is 0 Å². The Morgan fingerprint density at radius 2 is 2.05 bits per heavy atom. The Kier molecular flexibility index (Phi) is 6.04. The van der Waals surface area contributed by atoms with Gasteiger partial charge < -0.3 is 0 Å². The van der Waals surface area contributed by atoms with E-state index in [-0.39, 0.29) is 0 Å². The van der Waals surface area contributed by atoms with Crippen LogP contribution < -0.4 is 0 Å². The van der Waals surface area contributed by atoms with Crippen molar-refractivity contribution in [1.82, 2.24) is 0 Å². The first-order valence-corrected chi connectivity index (χ1v) is 6.34. The summed E-state index contributed by atoms with van der Waals surface area (Å²) in [6.45, 7) is 9.64. The number of allylic oxidation sites excluding steroid dienone is 6. The van der Waals surface area contributed by atoms with Crippen molar-refractivity contribution in [3.8, 4) is 0 Å². The van der Waals surface area contributed by atoms with E-state index in [0.29, 0.717) is 5.02 Å². The van der Waals surface area contributed by atoms with Crippen LogP contribution in [0.25, 0.3) is 5.57 Å². The molecule has 0 aliphatic heterocycles. The molecule has 0 atom stereocenters. The van der Waals surface area contributed by atoms with Crippen LogP contribution >= 0.6 is 11.6 Å². The van der Waals surface area contributed by atoms with Crippen molar-refractivity contribution in [2.45, 2.75) is 6.92 Å². The monoisotopic (exact) mass is 271 g/mol. The van der Waals surface area contributed by atoms with Gasteiger partial charge in [-0.05, 0) is 36.3 Å². The second-order valence-electron chi connectivity index (χ2n) is 4.19. The van der Waals surface area contributed by atoms with Crippen LogP contribution in [0.2, 0.25) is 5.02 Å². The molecule has 0 fully saturated rings. The molecule has 0 saturated carbocycles. The zero-order valence-electron chi connectivity index (χ0n) is 11.4. The molecule has 0 N–H and O–H groups in total. The predicted molar refractivity (Wildman–Crippen MR) is 86.9 cm³/mol. The smallest absolute Gasteiger partial charge is 0.0412 e. The van der Waals surface area contributed by atoms with Gasteiger partial charge in [0.05, 0.1) is 0 Å². The quantitative estimate of drug-likeness (QED) is 0.521. The third kappa shape index (κ3) is 5.11. The van der Waals surface area contributed by atoms with E-state index in [4.69, 9.17) is 11.6 Å². The minimum Gasteiger partial charge on any atom is -0.296 e. The molecule has 0 unspecified atom stereocenters. The summed E-state index contributed by atoms with van der Waals surface area (Å²) in [5, 5.41) is 0.705. The molecule has 0 saturated heterocycles. The highest BCUT2D eigenvalue weighted by atomic mass is 35.5. The topological polar surface area (TPSA) is 12.4 Å². The fourth-order valence-electron chi connectivity index (χ4n) is 1.63. The van der Waals surface area contributed by atoms with Crippen LogP contribution in [0.4, 0.5) is 0 Å². The third-order valence-corrected chi connectivity index (χ3v) is 2.63. The van der Waals surface area contributed by atoms with Gasteiger partial charge in [0.15, 0.2) is 0 Å². The van der Waals surface area contributed by atoms with Crippen molar-refractivity contribution < 1.29 is 0 Å². The van der Waals surface area contributed by atoms with Crippen LogP contribution in [0, 0.1) is 0 Å². The Morgan fingerprint density at radius 1 is 1.32 bits per heavy atom. The van der Waals surface area contributed by atoms with Crippen LogP contribution in [0.5, 0.6) is 0 Å². The molecule has 0 aromatic heterocycles. The van der Waals surface area contributed by atoms with E-state index in [1.54, 1.807) is 19.3 Å². The predicted octanol–water partition coefficient (Wildman–Crippen LogP) is 5.11. The van der Waals surface area contributed by atoms with Gasteiger partial charge in [-0.2, -0.15) is 0 Å². The molecule has 2 heteroatoms. The fraction of sp³-hybridized carbons (Fsp3) is 0.118. The number of hydrogen-bond donors (Lipinski definition) is 0. The maximum absolute atomic E-state index is 6.02. The molecular formula is C17H18ClN. The Balaban J connectivity index is 3.27. The summed E-state index contributed by atoms with van der Waals surface area (Å²) in [5.74, 6) is 0. The van der Waals surface area contributed by atoms with Gasteiger partial charge in [0.1, 0.15) is 0 Å². The van der Waals surface area contributed by atoms with E-state index < -0.39 is 0 Å². The van der Waals surface area contributed by atoms with Crippen molar-refractivity contribution >= 4 is 23.4 Å². The Bertz CT molecular complexity index is 562. The summed E-state index contributed by atoms with van der Waals surface area (Å²) in [6.07, 6.45) is 7.59. The lowest BCUT2D eigenvalue weighted by atomic mass is 10.0. The first-order chi connectivity index (χ1) is 9.06. The summed E-state index contributed by atoms with van der Waals surface area (Å²) in [5.41, 5.74) is 3.97. The van der Waals surface area contributed by atoms with Crippen LogP contribution in [0.1, 0.15) is 12.5 Å². The maximum atomic E-state index is 6.02. The van der Waals surface area contributed by atoms with Crippen LogP contribution in [-0.4, -0.2) is 13.3 Å². The van der Waals surface area contributed by atoms with Gasteiger partial charge in [-0.15, -0.1) is 0 Å². The van der Waals surface area contributed by atoms with Crippen molar-refractivity contribution in [2.75, 3.05) is 7.05 Å². The Labute approximate surface area is 120 Å². The standard InChI is InChI=1S/C17H18ClN/c1-5-14(9-13(2)3)10-16(12-19-4)15-7-6-8-17(18)11-15/h5-12H,1-2H2,3-4H3/b14-9+,16-10+,19-12?. The second kappa shape index (κ2) is 7.55. The van der Waals surface area contributed by atoms with Gasteiger partial charge in [0.2, 0.25) is 0 Å². The molecule has 1 nitrogen and oxygen atoms in total. The minimum atomic E-state index is 0.705. The van der Waals surface area contributed by atoms with Gasteiger partial charge >= 0.3 is 0 Å². The summed E-state index contributed by atoms with van der Waals surface area (Å²) in [7, 11) is 1.74. The van der Waals surface area contributed by atoms with Crippen molar-refractivity contribution in [3.63, 3.8) is 0 Å². The summed E-state index contributed by atoms with van der Waals surface area (Å²) in [6, 6.07) is 7.69. The Hall–Kier alpha value is -1.86. The van der Waals surface area contributed by atoms with E-state index in [0.717, 1.165) is 22.3 Å². The molecule has 0 radical (unpaired) electrons. The van der Waals surface area contributed by atoms with E-state index in [9.17, 15) is 0 Å². The van der Waals surface area contributed by atoms with Crippen LogP contribution in [-0.2, 0) is 0 Å². The number of hydrogen-bond acceptors (Lipinski definition) is 1. The first-order valence-electron chi connectivity index (χ1n) is 5.96. The number of nitrogens with zero attached hydrogens (tertiary/aromatic N) is 1. The molecule has 0 aliphatic rings. The molecule has 0 amide bonds. The molecule has 0 spiro atoms. The summed E-state index contributed by atoms with van der Waals surface area (Å²) >= 11 is 6.02. The average Bonchev–Trinajstić information content (AvgIpc) is 2.36. The SMILES string of the molecule is C=CC(/C=C(\C=NC)c1cccc(Cl)c1)=C\C(=C)C. The second-order valence-corrected chi connectivity index (χ2v) is 4.63. The molecule has 19 heavy (non-hydrogen) atoms. The van der Waals surface area contributed by atoms with Crippen molar-refractivity contribution in [3.05, 3.63) is 77.4 Å². The number of benzene rings is 1. The first kappa shape index (κ1) is 15.2. The maximum Gasteiger partial charge on any atom is 0.0412 e. The lowest BCUT2D eigenvalue weighted by molar-refractivity contribution is 1.47. The number of halogens is 1. The van der Waals surface area contributed by atoms with Crippen molar-refractivity contribution in [1.29, 1.82) is 0 Å². The average molecular weight is 272 g/mol. The van der Waals surface area contributed by atoms with Gasteiger partial charge in [0, 0.05) is 23.9 Å². The van der Waals surface area contributed by atoms with Crippen molar-refractivity contribution in [2.24, 2.45) is 4.99 Å². The molecule has 1 aromatic carbocycles. The van der Waals surface area contributed by atoms with E-state index in [1.807, 2.05) is 43.3 Å². The van der Waals surface area contributed by atoms with Crippen LogP contribution in [0.15, 0.2) is 71.8 Å². The number of rotatable bonds is 5. The molecule has 98 valence electrons. The summed E-state index contributed by atoms with van der Waals surface area (Å²) < 4.78 is 0. The highest BCUT2D eigenvalue weighted by Gasteiger charge is 2.00. The molecule has 0 heterocycles. The van der Waals surface area contributed by atoms with E-state index in [2.05, 4.69) is 18.2 Å². The molecule has 1 rings (SSSR count). The van der Waals surface area contributed by atoms with E-state index in [1.165, 1.54) is 0 Å². The Morgan fingerprint density at radius 3 is 2.58 bits per heavy atom. The fourth-order valence-corrected chi connectivity index (χ4v) is 1.82. The molecule has 0 bridgehead atoms. The van der Waals surface area contributed by atoms with Gasteiger partial charge in [0.25, 0.3) is 0 Å². The van der Waals surface area contributed by atoms with Gasteiger partial charge in [-0.1, -0.05) is 54.6 Å². The minimum absolute atomic E-state index is 0.705. The lowest BCUT2D eigenvalue weighted by Crippen LogP contribution is -1.88. The zero-order valence-corrected chi connectivity index (χ0v) is 12.1. The molecular weight excluding hydrogens is 254 g/mol. The lowest BCUT2D eigenvalue weighted by Gasteiger charge is -2.04. The summed E-state index contributed by atoms with van der Waals surface area (Å²) in [4.78, 5) is 4.09. The van der Waals surface area contributed by atoms with E-state index >= 15 is 0 Å². The number of aliphatic imine (C=N–C) groups is 1. The third-order valence-electron chi connectivity index (χ3n) is 2.40. The highest BCUT2D eigenvalue weighted by Crippen LogP contribution is 2.20. The van der Waals surface area contributed by atoms with Gasteiger partial charge in [-0.3, -0.25) is 4.99 Å². The normalized spacial score (nSPS) is 12.8. The molecule has 1 aromatic rings.